The number of amides is 4. The molecular formula is C43H55N5O9. The van der Waals surface area contributed by atoms with Crippen molar-refractivity contribution in [3.63, 3.8) is 0 Å². The van der Waals surface area contributed by atoms with E-state index in [1.807, 2.05) is 85.8 Å². The first-order valence-electron chi connectivity index (χ1n) is 19.1. The zero-order chi connectivity index (χ0) is 41.8. The molecule has 0 aliphatic heterocycles. The van der Waals surface area contributed by atoms with Gasteiger partial charge in [-0.2, -0.15) is 0 Å². The van der Waals surface area contributed by atoms with Crippen LogP contribution in [0.25, 0.3) is 11.1 Å². The molecule has 0 heterocycles. The number of aliphatic imine (C=N–C) groups is 1. The first-order chi connectivity index (χ1) is 26.9. The van der Waals surface area contributed by atoms with Crippen LogP contribution in [0.4, 0.5) is 14.4 Å². The Kier molecular flexibility index (Phi) is 15.2. The van der Waals surface area contributed by atoms with E-state index in [4.69, 9.17) is 14.2 Å². The van der Waals surface area contributed by atoms with E-state index in [0.29, 0.717) is 12.8 Å². The van der Waals surface area contributed by atoms with Crippen molar-refractivity contribution in [1.82, 2.24) is 20.9 Å². The fraction of sp³-hybridized carbons (Fsp3) is 0.442. The fourth-order valence-corrected chi connectivity index (χ4v) is 6.42. The number of nitrogens with zero attached hydrogens (tertiary/aromatic N) is 2. The fourth-order valence-electron chi connectivity index (χ4n) is 6.42. The minimum Gasteiger partial charge on any atom is -0.481 e. The molecule has 0 radical (unpaired) electrons. The minimum atomic E-state index is -1.08. The van der Waals surface area contributed by atoms with Crippen LogP contribution in [-0.2, 0) is 23.8 Å². The third-order valence-electron chi connectivity index (χ3n) is 8.94. The van der Waals surface area contributed by atoms with E-state index in [0.717, 1.165) is 27.8 Å². The Morgan fingerprint density at radius 1 is 0.754 bits per heavy atom. The van der Waals surface area contributed by atoms with Crippen molar-refractivity contribution in [3.8, 4) is 11.1 Å². The van der Waals surface area contributed by atoms with Crippen molar-refractivity contribution < 1.29 is 43.3 Å². The molecule has 2 atom stereocenters. The van der Waals surface area contributed by atoms with Crippen LogP contribution in [0.2, 0.25) is 0 Å². The number of alkyl carbamates (subject to hydrolysis) is 3. The number of fused-ring (bicyclic) bond motifs is 3. The van der Waals surface area contributed by atoms with Crippen LogP contribution in [-0.4, -0.2) is 83.1 Å². The topological polar surface area (TPSA) is 185 Å². The highest BCUT2D eigenvalue weighted by Gasteiger charge is 2.32. The molecule has 1 aliphatic carbocycles. The number of nitrogens with one attached hydrogen (secondary N) is 3. The summed E-state index contributed by atoms with van der Waals surface area (Å²) >= 11 is 0. The molecule has 0 aromatic heterocycles. The number of rotatable bonds is 14. The maximum absolute atomic E-state index is 14.3. The average molecular weight is 786 g/mol. The van der Waals surface area contributed by atoms with Gasteiger partial charge in [-0.1, -0.05) is 78.9 Å². The summed E-state index contributed by atoms with van der Waals surface area (Å²) in [5.41, 5.74) is 3.42. The van der Waals surface area contributed by atoms with Crippen molar-refractivity contribution in [2.24, 2.45) is 4.99 Å². The Bertz CT molecular complexity index is 1820. The number of benzene rings is 3. The summed E-state index contributed by atoms with van der Waals surface area (Å²) in [4.78, 5) is 70.4. The molecule has 3 aromatic rings. The lowest BCUT2D eigenvalue weighted by atomic mass is 9.98. The van der Waals surface area contributed by atoms with Gasteiger partial charge in [-0.25, -0.2) is 14.4 Å². The molecule has 0 saturated carbocycles. The Morgan fingerprint density at radius 2 is 1.28 bits per heavy atom. The van der Waals surface area contributed by atoms with Gasteiger partial charge in [-0.3, -0.25) is 25.2 Å². The lowest BCUT2D eigenvalue weighted by Crippen LogP contribution is -2.50. The maximum atomic E-state index is 14.3. The van der Waals surface area contributed by atoms with Gasteiger partial charge in [0.05, 0.1) is 12.5 Å². The molecule has 0 saturated heterocycles. The standard InChI is InChI=1S/C43H55N5O9/c1-28(29-17-9-8-10-18-29)48(26-24-36(49)50)37(51)35(45-39(52)55-27-34-32-21-13-11-19-30(32)31-20-12-14-22-33(31)34)23-15-16-25-44-38(46-40(53)56-42(2,3)4)47-41(54)57-43(5,6)7/h8-14,17-22,28,34-35H,15-16,23-27H2,1-7H3,(H,45,52)(H,49,50)(H2,44,46,47,53,54)/t28-,35-/m0/s1. The van der Waals surface area contributed by atoms with E-state index in [-0.39, 0.29) is 44.4 Å². The Morgan fingerprint density at radius 3 is 1.81 bits per heavy atom. The van der Waals surface area contributed by atoms with Gasteiger partial charge in [0.15, 0.2) is 0 Å². The molecule has 306 valence electrons. The monoisotopic (exact) mass is 785 g/mol. The summed E-state index contributed by atoms with van der Waals surface area (Å²) < 4.78 is 16.4. The summed E-state index contributed by atoms with van der Waals surface area (Å²) in [6.07, 6.45) is -1.86. The first kappa shape index (κ1) is 43.8. The van der Waals surface area contributed by atoms with Gasteiger partial charge in [-0.05, 0) is 95.5 Å². The van der Waals surface area contributed by atoms with Gasteiger partial charge >= 0.3 is 24.2 Å². The van der Waals surface area contributed by atoms with Crippen molar-refractivity contribution in [1.29, 1.82) is 0 Å². The van der Waals surface area contributed by atoms with Crippen LogP contribution >= 0.6 is 0 Å². The molecule has 14 heteroatoms. The van der Waals surface area contributed by atoms with Crippen LogP contribution in [0.1, 0.15) is 103 Å². The van der Waals surface area contributed by atoms with Crippen molar-refractivity contribution in [2.75, 3.05) is 19.7 Å². The molecule has 0 bridgehead atoms. The largest absolute Gasteiger partial charge is 0.481 e. The average Bonchev–Trinajstić information content (AvgIpc) is 3.45. The smallest absolute Gasteiger partial charge is 0.414 e. The molecule has 0 spiro atoms. The lowest BCUT2D eigenvalue weighted by Gasteiger charge is -2.33. The van der Waals surface area contributed by atoms with Gasteiger partial charge in [0.2, 0.25) is 11.9 Å². The van der Waals surface area contributed by atoms with Crippen molar-refractivity contribution in [3.05, 3.63) is 95.6 Å². The Balaban J connectivity index is 1.51. The molecule has 14 nitrogen and oxygen atoms in total. The van der Waals surface area contributed by atoms with E-state index in [1.54, 1.807) is 41.5 Å². The number of unbranched alkanes of at least 4 members (excludes halogenated alkanes) is 1. The number of hydrogen-bond acceptors (Lipinski definition) is 9. The van der Waals surface area contributed by atoms with Crippen LogP contribution in [0.3, 0.4) is 0 Å². The highest BCUT2D eigenvalue weighted by atomic mass is 16.6. The third kappa shape index (κ3) is 13.7. The number of carboxylic acid groups (broad SMARTS) is 1. The number of hydrogen-bond donors (Lipinski definition) is 4. The number of carboxylic acids is 1. The van der Waals surface area contributed by atoms with Gasteiger partial charge in [-0.15, -0.1) is 0 Å². The van der Waals surface area contributed by atoms with Crippen LogP contribution in [0.5, 0.6) is 0 Å². The third-order valence-corrected chi connectivity index (χ3v) is 8.94. The molecule has 57 heavy (non-hydrogen) atoms. The van der Waals surface area contributed by atoms with E-state index >= 15 is 0 Å². The summed E-state index contributed by atoms with van der Waals surface area (Å²) in [6, 6.07) is 23.6. The second kappa shape index (κ2) is 19.8. The maximum Gasteiger partial charge on any atom is 0.414 e. The normalized spacial score (nSPS) is 13.2. The van der Waals surface area contributed by atoms with E-state index in [1.165, 1.54) is 4.90 Å². The van der Waals surface area contributed by atoms with Crippen LogP contribution in [0, 0.1) is 0 Å². The zero-order valence-electron chi connectivity index (χ0n) is 33.8. The Hall–Kier alpha value is -5.92. The number of ether oxygens (including phenoxy) is 3. The molecule has 1 aliphatic rings. The molecule has 4 amide bonds. The number of carbonyl (C=O) groups excluding carboxylic acids is 4. The molecule has 4 rings (SSSR count). The number of carbonyl (C=O) groups is 5. The summed E-state index contributed by atoms with van der Waals surface area (Å²) in [7, 11) is 0. The predicted octanol–water partition coefficient (Wildman–Crippen LogP) is 7.53. The van der Waals surface area contributed by atoms with E-state index < -0.39 is 53.4 Å². The summed E-state index contributed by atoms with van der Waals surface area (Å²) in [5.74, 6) is -1.91. The van der Waals surface area contributed by atoms with Crippen molar-refractivity contribution >= 4 is 36.1 Å². The van der Waals surface area contributed by atoms with Gasteiger partial charge in [0.25, 0.3) is 0 Å². The minimum absolute atomic E-state index is 0.0384. The lowest BCUT2D eigenvalue weighted by molar-refractivity contribution is -0.140. The highest BCUT2D eigenvalue weighted by Crippen LogP contribution is 2.44. The SMILES string of the molecule is C[C@@H](c1ccccc1)N(CCC(=O)O)C(=O)[C@H](CCCCN=C(NC(=O)OC(C)(C)C)NC(=O)OC(C)(C)C)NC(=O)OCC1c2ccccc2-c2ccccc21. The Labute approximate surface area is 334 Å². The molecule has 0 unspecified atom stereocenters. The summed E-state index contributed by atoms with van der Waals surface area (Å²) in [5, 5.41) is 17.2. The zero-order valence-corrected chi connectivity index (χ0v) is 33.8. The molecule has 4 N–H and O–H groups in total. The number of aliphatic carboxylic acids is 1. The molecular weight excluding hydrogens is 730 g/mol. The van der Waals surface area contributed by atoms with Gasteiger partial charge in [0.1, 0.15) is 23.9 Å². The van der Waals surface area contributed by atoms with E-state index in [2.05, 4.69) is 20.9 Å². The van der Waals surface area contributed by atoms with E-state index in [9.17, 15) is 29.1 Å². The van der Waals surface area contributed by atoms with Crippen LogP contribution in [0.15, 0.2) is 83.9 Å². The van der Waals surface area contributed by atoms with Crippen LogP contribution < -0.4 is 16.0 Å². The second-order valence-electron chi connectivity index (χ2n) is 15.8. The highest BCUT2D eigenvalue weighted by molar-refractivity contribution is 6.01. The quantitative estimate of drug-likeness (QED) is 0.0555. The molecule has 3 aromatic carbocycles. The van der Waals surface area contributed by atoms with Crippen molar-refractivity contribution in [2.45, 2.75) is 103 Å². The summed E-state index contributed by atoms with van der Waals surface area (Å²) in [6.45, 7) is 12.0. The second-order valence-corrected chi connectivity index (χ2v) is 15.8. The van der Waals surface area contributed by atoms with Gasteiger partial charge < -0.3 is 29.5 Å². The molecule has 0 fully saturated rings. The predicted molar refractivity (Wildman–Crippen MR) is 216 cm³/mol. The first-order valence-corrected chi connectivity index (χ1v) is 19.1. The van der Waals surface area contributed by atoms with Gasteiger partial charge in [0, 0.05) is 19.0 Å². The number of guanidine groups is 1.